The Bertz CT molecular complexity index is 1240. The highest BCUT2D eigenvalue weighted by Gasteiger charge is 2.31. The summed E-state index contributed by atoms with van der Waals surface area (Å²) in [6.45, 7) is 0. The van der Waals surface area contributed by atoms with Gasteiger partial charge in [0.15, 0.2) is 0 Å². The normalized spacial score (nSPS) is 12.1. The fourth-order valence-electron chi connectivity index (χ4n) is 2.61. The predicted molar refractivity (Wildman–Crippen MR) is 112 cm³/mol. The summed E-state index contributed by atoms with van der Waals surface area (Å²) in [5.74, 6) is -0.519. The molecule has 0 aliphatic heterocycles. The van der Waals surface area contributed by atoms with Crippen molar-refractivity contribution >= 4 is 45.6 Å². The van der Waals surface area contributed by atoms with Crippen molar-refractivity contribution in [1.82, 2.24) is 0 Å². The topological polar surface area (TPSA) is 70.0 Å². The smallest absolute Gasteiger partial charge is 0.322 e. The van der Waals surface area contributed by atoms with Crippen LogP contribution in [-0.2, 0) is 17.0 Å². The van der Waals surface area contributed by atoms with Gasteiger partial charge in [-0.15, -0.1) is 0 Å². The lowest BCUT2D eigenvalue weighted by molar-refractivity contribution is -0.137. The number of hydrogen-bond donors (Lipinski definition) is 1. The maximum atomic E-state index is 12.9. The molecule has 3 aromatic carbocycles. The maximum absolute atomic E-state index is 12.9. The Morgan fingerprint density at radius 2 is 1.74 bits per heavy atom. The van der Waals surface area contributed by atoms with Crippen LogP contribution in [-0.4, -0.2) is 10.1 Å². The number of alkyl halides is 3. The van der Waals surface area contributed by atoms with Crippen LogP contribution in [0.15, 0.2) is 70.5 Å². The fourth-order valence-corrected chi connectivity index (χ4v) is 4.10. The molecule has 1 atom stereocenters. The maximum Gasteiger partial charge on any atom is 0.416 e. The van der Waals surface area contributed by atoms with Crippen LogP contribution in [0.1, 0.15) is 21.5 Å². The van der Waals surface area contributed by atoms with Crippen molar-refractivity contribution in [2.45, 2.75) is 16.0 Å². The zero-order valence-electron chi connectivity index (χ0n) is 15.3. The lowest BCUT2D eigenvalue weighted by Gasteiger charge is -2.11. The van der Waals surface area contributed by atoms with Gasteiger partial charge in [-0.1, -0.05) is 29.3 Å². The van der Waals surface area contributed by atoms with Gasteiger partial charge in [-0.2, -0.15) is 18.4 Å². The van der Waals surface area contributed by atoms with Crippen LogP contribution < -0.4 is 5.32 Å². The van der Waals surface area contributed by atoms with Gasteiger partial charge in [0.1, 0.15) is 6.07 Å². The molecule has 0 aliphatic rings. The molecule has 1 unspecified atom stereocenters. The molecule has 0 radical (unpaired) electrons. The summed E-state index contributed by atoms with van der Waals surface area (Å²) >= 11 is 11.7. The van der Waals surface area contributed by atoms with Gasteiger partial charge < -0.3 is 5.32 Å². The summed E-state index contributed by atoms with van der Waals surface area (Å²) in [6, 6.07) is 14.2. The Balaban J connectivity index is 1.88. The number of anilines is 1. The van der Waals surface area contributed by atoms with Crippen LogP contribution in [0.5, 0.6) is 0 Å². The first-order valence-electron chi connectivity index (χ1n) is 8.49. The zero-order chi connectivity index (χ0) is 22.8. The van der Waals surface area contributed by atoms with Gasteiger partial charge in [0, 0.05) is 16.1 Å². The first-order chi connectivity index (χ1) is 14.6. The van der Waals surface area contributed by atoms with Gasteiger partial charge in [-0.25, -0.2) is 4.21 Å². The third-order valence-corrected chi connectivity index (χ3v) is 6.29. The quantitative estimate of drug-likeness (QED) is 0.474. The van der Waals surface area contributed by atoms with Gasteiger partial charge in [0.05, 0.1) is 36.9 Å². The summed E-state index contributed by atoms with van der Waals surface area (Å²) in [7, 11) is -2.03. The summed E-state index contributed by atoms with van der Waals surface area (Å²) in [5.41, 5.74) is -0.535. The molecule has 3 rings (SSSR count). The van der Waals surface area contributed by atoms with Crippen molar-refractivity contribution in [3.8, 4) is 6.07 Å². The van der Waals surface area contributed by atoms with E-state index in [1.165, 1.54) is 42.5 Å². The Hall–Kier alpha value is -2.86. The van der Waals surface area contributed by atoms with Crippen LogP contribution in [0.4, 0.5) is 18.9 Å². The molecular weight excluding hydrogens is 472 g/mol. The molecular formula is C21H11Cl2F3N2O2S. The molecule has 0 fully saturated rings. The van der Waals surface area contributed by atoms with Crippen LogP contribution in [0.2, 0.25) is 10.0 Å². The minimum Gasteiger partial charge on any atom is -0.322 e. The van der Waals surface area contributed by atoms with Crippen molar-refractivity contribution < 1.29 is 22.2 Å². The number of nitrogens with zero attached hydrogens (tertiary/aromatic N) is 1. The molecule has 3 aromatic rings. The fraction of sp³-hybridized carbons (Fsp3) is 0.0476. The number of nitriles is 1. The second kappa shape index (κ2) is 9.10. The van der Waals surface area contributed by atoms with E-state index in [4.69, 9.17) is 23.2 Å². The predicted octanol–water partition coefficient (Wildman–Crippen LogP) is 6.30. The standard InChI is InChI=1S/C21H11Cl2F3N2O2S/c22-17-6-4-12(9-18(17)23)20(29)28-15-5-7-19(13(8-15)11-27)31(30)16-3-1-2-14(10-16)21(24,25)26/h1-10H,(H,28,29). The molecule has 158 valence electrons. The van der Waals surface area contributed by atoms with Crippen molar-refractivity contribution in [3.05, 3.63) is 87.4 Å². The molecule has 31 heavy (non-hydrogen) atoms. The Morgan fingerprint density at radius 3 is 2.39 bits per heavy atom. The molecule has 0 saturated heterocycles. The van der Waals surface area contributed by atoms with Crippen LogP contribution in [0.3, 0.4) is 0 Å². The first-order valence-corrected chi connectivity index (χ1v) is 10.4. The average Bonchev–Trinajstić information content (AvgIpc) is 2.74. The highest BCUT2D eigenvalue weighted by atomic mass is 35.5. The largest absolute Gasteiger partial charge is 0.416 e. The average molecular weight is 483 g/mol. The third kappa shape index (κ3) is 5.25. The Morgan fingerprint density at radius 1 is 1.00 bits per heavy atom. The van der Waals surface area contributed by atoms with E-state index < -0.39 is 28.4 Å². The van der Waals surface area contributed by atoms with Gasteiger partial charge in [-0.3, -0.25) is 4.79 Å². The van der Waals surface area contributed by atoms with E-state index >= 15 is 0 Å². The Labute approximate surface area is 187 Å². The number of benzene rings is 3. The highest BCUT2D eigenvalue weighted by Crippen LogP contribution is 2.32. The lowest BCUT2D eigenvalue weighted by atomic mass is 10.2. The summed E-state index contributed by atoms with van der Waals surface area (Å²) in [4.78, 5) is 12.3. The number of carbonyl (C=O) groups is 1. The highest BCUT2D eigenvalue weighted by molar-refractivity contribution is 7.85. The number of hydrogen-bond acceptors (Lipinski definition) is 3. The summed E-state index contributed by atoms with van der Waals surface area (Å²) in [6.07, 6.45) is -4.59. The van der Waals surface area contributed by atoms with Crippen LogP contribution in [0, 0.1) is 11.3 Å². The lowest BCUT2D eigenvalue weighted by Crippen LogP contribution is -2.12. The van der Waals surface area contributed by atoms with E-state index in [2.05, 4.69) is 5.32 Å². The molecule has 0 aromatic heterocycles. The number of rotatable bonds is 4. The van der Waals surface area contributed by atoms with Gasteiger partial charge in [-0.05, 0) is 54.6 Å². The minimum atomic E-state index is -4.59. The molecule has 0 saturated carbocycles. The molecule has 4 nitrogen and oxygen atoms in total. The van der Waals surface area contributed by atoms with Crippen molar-refractivity contribution in [1.29, 1.82) is 5.26 Å². The van der Waals surface area contributed by atoms with Crippen molar-refractivity contribution in [2.24, 2.45) is 0 Å². The number of carbonyl (C=O) groups excluding carboxylic acids is 1. The molecule has 0 aliphatic carbocycles. The second-order valence-electron chi connectivity index (χ2n) is 6.20. The molecule has 0 spiro atoms. The van der Waals surface area contributed by atoms with Gasteiger partial charge >= 0.3 is 6.18 Å². The minimum absolute atomic E-state index is 0.0226. The van der Waals surface area contributed by atoms with Crippen LogP contribution >= 0.6 is 23.2 Å². The monoisotopic (exact) mass is 482 g/mol. The summed E-state index contributed by atoms with van der Waals surface area (Å²) < 4.78 is 51.6. The van der Waals surface area contributed by atoms with E-state index in [0.29, 0.717) is 0 Å². The summed E-state index contributed by atoms with van der Waals surface area (Å²) in [5, 5.41) is 12.5. The van der Waals surface area contributed by atoms with E-state index in [9.17, 15) is 27.4 Å². The molecule has 10 heteroatoms. The van der Waals surface area contributed by atoms with Crippen molar-refractivity contribution in [3.63, 3.8) is 0 Å². The Kier molecular flexibility index (Phi) is 6.70. The molecule has 0 heterocycles. The molecule has 0 bridgehead atoms. The number of amides is 1. The van der Waals surface area contributed by atoms with Crippen LogP contribution in [0.25, 0.3) is 0 Å². The van der Waals surface area contributed by atoms with Crippen molar-refractivity contribution in [2.75, 3.05) is 5.32 Å². The molecule has 1 amide bonds. The SMILES string of the molecule is N#Cc1cc(NC(=O)c2ccc(Cl)c(Cl)c2)ccc1S(=O)c1cccc(C(F)(F)F)c1. The van der Waals surface area contributed by atoms with E-state index in [1.54, 1.807) is 0 Å². The number of nitrogens with one attached hydrogen (secondary N) is 1. The second-order valence-corrected chi connectivity index (χ2v) is 8.46. The van der Waals surface area contributed by atoms with E-state index in [0.717, 1.165) is 18.2 Å². The van der Waals surface area contributed by atoms with E-state index in [-0.39, 0.29) is 36.7 Å². The third-order valence-electron chi connectivity index (χ3n) is 4.11. The number of halogens is 5. The molecule has 1 N–H and O–H groups in total. The first kappa shape index (κ1) is 22.8. The van der Waals surface area contributed by atoms with E-state index in [1.807, 2.05) is 6.07 Å². The van der Waals surface area contributed by atoms with Gasteiger partial charge in [0.2, 0.25) is 0 Å². The zero-order valence-corrected chi connectivity index (χ0v) is 17.7. The van der Waals surface area contributed by atoms with Gasteiger partial charge in [0.25, 0.3) is 5.91 Å².